The molecule has 3 aromatic rings. The average Bonchev–Trinajstić information content (AvgIpc) is 3.40. The van der Waals surface area contributed by atoms with E-state index in [1.165, 1.54) is 24.6 Å². The predicted octanol–water partition coefficient (Wildman–Crippen LogP) is 1.69. The molecule has 1 aliphatic rings. The lowest BCUT2D eigenvalue weighted by Crippen LogP contribution is -2.37. The Morgan fingerprint density at radius 1 is 1.33 bits per heavy atom. The van der Waals surface area contributed by atoms with E-state index in [2.05, 4.69) is 25.5 Å². The Kier molecular flexibility index (Phi) is 4.94. The summed E-state index contributed by atoms with van der Waals surface area (Å²) in [6.07, 6.45) is 1.54. The molecule has 0 atom stereocenters. The zero-order valence-electron chi connectivity index (χ0n) is 14.4. The highest BCUT2D eigenvalue weighted by Crippen LogP contribution is 2.25. The summed E-state index contributed by atoms with van der Waals surface area (Å²) in [5.41, 5.74) is 0.0328. The molecular formula is C16H16N6O4S. The van der Waals surface area contributed by atoms with Crippen LogP contribution in [-0.4, -0.2) is 59.5 Å². The van der Waals surface area contributed by atoms with Crippen molar-refractivity contribution in [3.63, 3.8) is 0 Å². The molecule has 0 saturated carbocycles. The van der Waals surface area contributed by atoms with Gasteiger partial charge in [-0.3, -0.25) is 10.1 Å². The second-order valence-electron chi connectivity index (χ2n) is 5.53. The monoisotopic (exact) mass is 388 g/mol. The Hall–Kier alpha value is -3.05. The number of aromatic nitrogens is 4. The van der Waals surface area contributed by atoms with E-state index in [9.17, 15) is 4.79 Å². The number of morpholine rings is 1. The van der Waals surface area contributed by atoms with E-state index in [1.54, 1.807) is 0 Å². The van der Waals surface area contributed by atoms with Gasteiger partial charge in [-0.25, -0.2) is 4.98 Å². The molecule has 0 aliphatic carbocycles. The van der Waals surface area contributed by atoms with Crippen molar-refractivity contribution in [2.45, 2.75) is 0 Å². The number of nitrogens with one attached hydrogen (secondary N) is 1. The molecule has 0 aromatic carbocycles. The number of amides is 1. The van der Waals surface area contributed by atoms with Crippen LogP contribution in [0, 0.1) is 0 Å². The van der Waals surface area contributed by atoms with Gasteiger partial charge < -0.3 is 18.8 Å². The maximum absolute atomic E-state index is 12.5. The maximum atomic E-state index is 12.5. The summed E-state index contributed by atoms with van der Waals surface area (Å²) in [7, 11) is 1.44. The molecule has 140 valence electrons. The van der Waals surface area contributed by atoms with Gasteiger partial charge in [-0.15, -0.1) is 16.4 Å². The molecule has 3 aromatic heterocycles. The lowest BCUT2D eigenvalue weighted by molar-refractivity contribution is 0.101. The molecule has 0 bridgehead atoms. The number of ether oxygens (including phenoxy) is 2. The highest BCUT2D eigenvalue weighted by Gasteiger charge is 2.22. The van der Waals surface area contributed by atoms with Gasteiger partial charge in [0, 0.05) is 13.1 Å². The van der Waals surface area contributed by atoms with E-state index < -0.39 is 5.91 Å². The minimum Gasteiger partial charge on any atom is -0.479 e. The lowest BCUT2D eigenvalue weighted by Gasteiger charge is -2.27. The number of hydrogen-bond acceptors (Lipinski definition) is 10. The van der Waals surface area contributed by atoms with E-state index in [0.29, 0.717) is 38.0 Å². The first-order chi connectivity index (χ1) is 13.2. The second kappa shape index (κ2) is 7.68. The zero-order valence-corrected chi connectivity index (χ0v) is 15.2. The van der Waals surface area contributed by atoms with Crippen LogP contribution in [0.25, 0.3) is 10.8 Å². The third-order valence-corrected chi connectivity index (χ3v) is 4.71. The van der Waals surface area contributed by atoms with E-state index in [0.717, 1.165) is 4.88 Å². The summed E-state index contributed by atoms with van der Waals surface area (Å²) in [5, 5.41) is 12.2. The highest BCUT2D eigenvalue weighted by molar-refractivity contribution is 7.13. The summed E-state index contributed by atoms with van der Waals surface area (Å²) in [6.45, 7) is 2.65. The summed E-state index contributed by atoms with van der Waals surface area (Å²) in [6, 6.07) is 3.70. The summed E-state index contributed by atoms with van der Waals surface area (Å²) in [5.74, 6) is 0.536. The molecule has 1 saturated heterocycles. The van der Waals surface area contributed by atoms with Gasteiger partial charge in [-0.1, -0.05) is 11.2 Å². The first-order valence-electron chi connectivity index (χ1n) is 8.17. The molecule has 10 nitrogen and oxygen atoms in total. The van der Waals surface area contributed by atoms with Crippen molar-refractivity contribution in [3.8, 4) is 16.6 Å². The summed E-state index contributed by atoms with van der Waals surface area (Å²) in [4.78, 5) is 24.0. The maximum Gasteiger partial charge on any atom is 0.322 e. The fraction of sp³-hybridized carbons (Fsp3) is 0.312. The largest absolute Gasteiger partial charge is 0.479 e. The number of carbonyl (C=O) groups excluding carboxylic acids is 1. The average molecular weight is 388 g/mol. The van der Waals surface area contributed by atoms with Gasteiger partial charge in [0.25, 0.3) is 11.8 Å². The van der Waals surface area contributed by atoms with Gasteiger partial charge in [-0.05, 0) is 11.4 Å². The molecule has 11 heteroatoms. The van der Waals surface area contributed by atoms with Gasteiger partial charge in [0.2, 0.25) is 5.88 Å². The Labute approximate surface area is 158 Å². The highest BCUT2D eigenvalue weighted by atomic mass is 32.1. The van der Waals surface area contributed by atoms with Crippen molar-refractivity contribution in [3.05, 3.63) is 29.4 Å². The van der Waals surface area contributed by atoms with Crippen LogP contribution in [-0.2, 0) is 4.74 Å². The van der Waals surface area contributed by atoms with Gasteiger partial charge in [-0.2, -0.15) is 4.98 Å². The molecule has 1 amide bonds. The molecule has 4 rings (SSSR count). The van der Waals surface area contributed by atoms with Crippen LogP contribution in [0.1, 0.15) is 10.5 Å². The summed E-state index contributed by atoms with van der Waals surface area (Å²) < 4.78 is 16.0. The molecule has 0 radical (unpaired) electrons. The smallest absolute Gasteiger partial charge is 0.322 e. The van der Waals surface area contributed by atoms with Crippen LogP contribution >= 0.6 is 11.3 Å². The van der Waals surface area contributed by atoms with Crippen LogP contribution in [0.3, 0.4) is 0 Å². The minimum absolute atomic E-state index is 0.0236. The molecule has 1 aliphatic heterocycles. The van der Waals surface area contributed by atoms with E-state index >= 15 is 0 Å². The van der Waals surface area contributed by atoms with Gasteiger partial charge in [0.15, 0.2) is 11.5 Å². The third-order valence-electron chi connectivity index (χ3n) is 3.85. The number of rotatable bonds is 5. The van der Waals surface area contributed by atoms with Crippen molar-refractivity contribution in [1.29, 1.82) is 0 Å². The molecule has 1 N–H and O–H groups in total. The van der Waals surface area contributed by atoms with Crippen LogP contribution in [0.4, 0.5) is 11.8 Å². The van der Waals surface area contributed by atoms with Crippen molar-refractivity contribution in [2.75, 3.05) is 43.6 Å². The molecule has 0 unspecified atom stereocenters. The molecule has 4 heterocycles. The van der Waals surface area contributed by atoms with E-state index in [1.807, 2.05) is 22.4 Å². The fourth-order valence-electron chi connectivity index (χ4n) is 2.54. The van der Waals surface area contributed by atoms with Crippen LogP contribution in [0.2, 0.25) is 0 Å². The van der Waals surface area contributed by atoms with E-state index in [4.69, 9.17) is 13.9 Å². The van der Waals surface area contributed by atoms with Crippen LogP contribution < -0.4 is 15.0 Å². The normalized spacial score (nSPS) is 14.2. The number of thiophene rings is 1. The van der Waals surface area contributed by atoms with Crippen molar-refractivity contribution in [1.82, 2.24) is 20.2 Å². The standard InChI is InChI=1S/C16H16N6O4S/c1-24-15-12(17-9-11(18-15)22-4-6-25-7-5-22)13(23)19-16-21-20-14(26-16)10-3-2-8-27-10/h2-3,8-9H,4-7H2,1H3,(H,19,21,23). The summed E-state index contributed by atoms with van der Waals surface area (Å²) >= 11 is 1.46. The minimum atomic E-state index is -0.547. The molecule has 1 fully saturated rings. The Balaban J connectivity index is 1.51. The fourth-order valence-corrected chi connectivity index (χ4v) is 3.18. The Morgan fingerprint density at radius 2 is 2.19 bits per heavy atom. The van der Waals surface area contributed by atoms with Gasteiger partial charge >= 0.3 is 6.01 Å². The Morgan fingerprint density at radius 3 is 2.93 bits per heavy atom. The number of carbonyl (C=O) groups is 1. The second-order valence-corrected chi connectivity index (χ2v) is 6.48. The van der Waals surface area contributed by atoms with Crippen LogP contribution in [0.15, 0.2) is 28.1 Å². The third kappa shape index (κ3) is 3.73. The van der Waals surface area contributed by atoms with Crippen molar-refractivity contribution in [2.24, 2.45) is 0 Å². The Bertz CT molecular complexity index is 923. The molecular weight excluding hydrogens is 372 g/mol. The van der Waals surface area contributed by atoms with Crippen molar-refractivity contribution < 1.29 is 18.7 Å². The predicted molar refractivity (Wildman–Crippen MR) is 97.2 cm³/mol. The van der Waals surface area contributed by atoms with Gasteiger partial charge in [0.1, 0.15) is 0 Å². The molecule has 27 heavy (non-hydrogen) atoms. The number of methoxy groups -OCH3 is 1. The van der Waals surface area contributed by atoms with Gasteiger partial charge in [0.05, 0.1) is 31.4 Å². The number of hydrogen-bond donors (Lipinski definition) is 1. The lowest BCUT2D eigenvalue weighted by atomic mass is 10.3. The molecule has 0 spiro atoms. The first kappa shape index (κ1) is 17.4. The quantitative estimate of drug-likeness (QED) is 0.697. The zero-order chi connectivity index (χ0) is 18.6. The van der Waals surface area contributed by atoms with Crippen molar-refractivity contribution >= 4 is 29.1 Å². The van der Waals surface area contributed by atoms with E-state index in [-0.39, 0.29) is 17.6 Å². The first-order valence-corrected chi connectivity index (χ1v) is 9.05. The number of anilines is 2. The van der Waals surface area contributed by atoms with Crippen LogP contribution in [0.5, 0.6) is 5.88 Å². The topological polar surface area (TPSA) is 116 Å². The SMILES string of the molecule is COc1nc(N2CCOCC2)cnc1C(=O)Nc1nnc(-c2cccs2)o1. The number of nitrogens with zero attached hydrogens (tertiary/aromatic N) is 5.